The van der Waals surface area contributed by atoms with Gasteiger partial charge in [-0.05, 0) is 26.3 Å². The molecule has 2 aromatic rings. The molecule has 0 aliphatic carbocycles. The lowest BCUT2D eigenvalue weighted by atomic mass is 9.95. The molecule has 1 heterocycles. The van der Waals surface area contributed by atoms with E-state index in [9.17, 15) is 0 Å². The lowest BCUT2D eigenvalue weighted by Gasteiger charge is -2.25. The summed E-state index contributed by atoms with van der Waals surface area (Å²) in [6.45, 7) is 7.97. The maximum Gasteiger partial charge on any atom is 0.0837 e. The first-order chi connectivity index (χ1) is 7.10. The van der Waals surface area contributed by atoms with Crippen LogP contribution in [-0.4, -0.2) is 15.0 Å². The molecule has 0 saturated heterocycles. The van der Waals surface area contributed by atoms with E-state index in [-0.39, 0.29) is 5.54 Å². The number of benzene rings is 1. The Hall–Kier alpha value is -1.64. The monoisotopic (exact) mass is 200 g/mol. The molecule has 0 aliphatic rings. The zero-order valence-electron chi connectivity index (χ0n) is 9.01. The molecule has 2 rings (SSSR count). The van der Waals surface area contributed by atoms with E-state index in [1.807, 2.05) is 29.1 Å². The molecular weight excluding hydrogens is 186 g/mol. The summed E-state index contributed by atoms with van der Waals surface area (Å²) < 4.78 is 1.84. The smallest absolute Gasteiger partial charge is 0.0837 e. The summed E-state index contributed by atoms with van der Waals surface area (Å²) in [6, 6.07) is 10.2. The maximum atomic E-state index is 4.07. The second-order valence-corrected chi connectivity index (χ2v) is 4.08. The molecule has 3 nitrogen and oxygen atoms in total. The van der Waals surface area contributed by atoms with E-state index in [2.05, 4.69) is 43.2 Å². The van der Waals surface area contributed by atoms with Crippen molar-refractivity contribution in [3.8, 4) is 0 Å². The van der Waals surface area contributed by atoms with Gasteiger partial charge in [-0.2, -0.15) is 0 Å². The van der Waals surface area contributed by atoms with Crippen LogP contribution in [0.25, 0.3) is 0 Å². The van der Waals surface area contributed by atoms with Gasteiger partial charge >= 0.3 is 0 Å². The molecule has 1 aromatic heterocycles. The first kappa shape index (κ1) is 9.90. The van der Waals surface area contributed by atoms with E-state index in [1.165, 1.54) is 5.56 Å². The van der Waals surface area contributed by atoms with Crippen molar-refractivity contribution >= 4 is 0 Å². The highest BCUT2D eigenvalue weighted by atomic mass is 15.4. The molecule has 77 valence electrons. The molecule has 3 heteroatoms. The third kappa shape index (κ3) is 1.77. The number of aromatic nitrogens is 3. The molecule has 0 amide bonds. The van der Waals surface area contributed by atoms with Crippen LogP contribution in [0.15, 0.2) is 36.5 Å². The van der Waals surface area contributed by atoms with Gasteiger partial charge in [0, 0.05) is 6.20 Å². The Morgan fingerprint density at radius 3 is 2.40 bits per heavy atom. The molecular formula is C12H14N3. The first-order valence-electron chi connectivity index (χ1n) is 4.91. The minimum absolute atomic E-state index is 0.190. The Balaban J connectivity index is 2.43. The summed E-state index contributed by atoms with van der Waals surface area (Å²) in [7, 11) is 0. The van der Waals surface area contributed by atoms with E-state index < -0.39 is 0 Å². The second-order valence-electron chi connectivity index (χ2n) is 4.08. The average molecular weight is 200 g/mol. The van der Waals surface area contributed by atoms with Crippen molar-refractivity contribution < 1.29 is 0 Å². The lowest BCUT2D eigenvalue weighted by molar-refractivity contribution is 0.380. The number of rotatable bonds is 2. The van der Waals surface area contributed by atoms with Gasteiger partial charge in [-0.1, -0.05) is 35.5 Å². The van der Waals surface area contributed by atoms with Gasteiger partial charge in [-0.15, -0.1) is 5.10 Å². The largest absolute Gasteiger partial charge is 0.242 e. The van der Waals surface area contributed by atoms with Crippen molar-refractivity contribution in [2.45, 2.75) is 19.4 Å². The molecule has 0 fully saturated rings. The standard InChI is InChI=1S/C12H14N3/c1-10-9-15(14-13-10)12(2,3)11-7-5-4-6-8-11/h4-9H,1H2,2-3H3. The SMILES string of the molecule is [CH2]c1cn(C(C)(C)c2ccccc2)nn1. The molecule has 0 saturated carbocycles. The predicted octanol–water partition coefficient (Wildman–Crippen LogP) is 2.24. The highest BCUT2D eigenvalue weighted by molar-refractivity contribution is 5.23. The summed E-state index contributed by atoms with van der Waals surface area (Å²) in [5.74, 6) is 0. The van der Waals surface area contributed by atoms with Crippen molar-refractivity contribution in [3.63, 3.8) is 0 Å². The Kier molecular flexibility index (Phi) is 2.31. The normalized spacial score (nSPS) is 11.7. The van der Waals surface area contributed by atoms with Crippen molar-refractivity contribution in [2.24, 2.45) is 0 Å². The second kappa shape index (κ2) is 3.50. The maximum absolute atomic E-state index is 4.07. The molecule has 0 aliphatic heterocycles. The number of hydrogen-bond donors (Lipinski definition) is 0. The Morgan fingerprint density at radius 1 is 1.20 bits per heavy atom. The van der Waals surface area contributed by atoms with Crippen LogP contribution in [0.5, 0.6) is 0 Å². The fourth-order valence-corrected chi connectivity index (χ4v) is 1.55. The van der Waals surface area contributed by atoms with Gasteiger partial charge in [0.05, 0.1) is 11.2 Å². The Labute approximate surface area is 89.7 Å². The van der Waals surface area contributed by atoms with Gasteiger partial charge in [-0.25, -0.2) is 4.68 Å². The Bertz CT molecular complexity index is 443. The molecule has 1 radical (unpaired) electrons. The van der Waals surface area contributed by atoms with Gasteiger partial charge in [0.2, 0.25) is 0 Å². The minimum Gasteiger partial charge on any atom is -0.242 e. The summed E-state index contributed by atoms with van der Waals surface area (Å²) in [4.78, 5) is 0. The van der Waals surface area contributed by atoms with Crippen molar-refractivity contribution in [1.82, 2.24) is 15.0 Å². The topological polar surface area (TPSA) is 30.7 Å². The molecule has 0 N–H and O–H groups in total. The third-order valence-corrected chi connectivity index (χ3v) is 2.59. The van der Waals surface area contributed by atoms with Crippen LogP contribution in [0, 0.1) is 6.92 Å². The van der Waals surface area contributed by atoms with E-state index in [0.29, 0.717) is 5.69 Å². The van der Waals surface area contributed by atoms with Crippen LogP contribution in [0.3, 0.4) is 0 Å². The van der Waals surface area contributed by atoms with Crippen LogP contribution in [0.2, 0.25) is 0 Å². The highest BCUT2D eigenvalue weighted by Crippen LogP contribution is 2.23. The van der Waals surface area contributed by atoms with Crippen LogP contribution < -0.4 is 0 Å². The summed E-state index contributed by atoms with van der Waals surface area (Å²) in [5, 5.41) is 7.98. The summed E-state index contributed by atoms with van der Waals surface area (Å²) in [5.41, 5.74) is 1.71. The van der Waals surface area contributed by atoms with Crippen LogP contribution in [0.4, 0.5) is 0 Å². The zero-order valence-corrected chi connectivity index (χ0v) is 9.01. The molecule has 0 bridgehead atoms. The van der Waals surface area contributed by atoms with Gasteiger partial charge in [0.25, 0.3) is 0 Å². The minimum atomic E-state index is -0.190. The average Bonchev–Trinajstić information content (AvgIpc) is 2.67. The summed E-state index contributed by atoms with van der Waals surface area (Å²) >= 11 is 0. The van der Waals surface area contributed by atoms with Gasteiger partial charge in [0.1, 0.15) is 0 Å². The van der Waals surface area contributed by atoms with E-state index in [1.54, 1.807) is 0 Å². The Morgan fingerprint density at radius 2 is 1.87 bits per heavy atom. The van der Waals surface area contributed by atoms with Gasteiger partial charge < -0.3 is 0 Å². The molecule has 0 unspecified atom stereocenters. The van der Waals surface area contributed by atoms with Crippen molar-refractivity contribution in [2.75, 3.05) is 0 Å². The van der Waals surface area contributed by atoms with Crippen LogP contribution in [-0.2, 0) is 5.54 Å². The quantitative estimate of drug-likeness (QED) is 0.744. The molecule has 1 aromatic carbocycles. The lowest BCUT2D eigenvalue weighted by Crippen LogP contribution is -2.28. The molecule has 15 heavy (non-hydrogen) atoms. The highest BCUT2D eigenvalue weighted by Gasteiger charge is 2.23. The predicted molar refractivity (Wildman–Crippen MR) is 59.3 cm³/mol. The first-order valence-corrected chi connectivity index (χ1v) is 4.91. The molecule has 0 spiro atoms. The van der Waals surface area contributed by atoms with Crippen LogP contribution >= 0.6 is 0 Å². The fraction of sp³-hybridized carbons (Fsp3) is 0.250. The van der Waals surface area contributed by atoms with E-state index >= 15 is 0 Å². The summed E-state index contributed by atoms with van der Waals surface area (Å²) in [6.07, 6.45) is 1.85. The molecule has 0 atom stereocenters. The number of nitrogens with zero attached hydrogens (tertiary/aromatic N) is 3. The fourth-order valence-electron chi connectivity index (χ4n) is 1.55. The van der Waals surface area contributed by atoms with Crippen molar-refractivity contribution in [1.29, 1.82) is 0 Å². The van der Waals surface area contributed by atoms with Crippen LogP contribution in [0.1, 0.15) is 25.1 Å². The number of hydrogen-bond acceptors (Lipinski definition) is 2. The zero-order chi connectivity index (χ0) is 10.9. The van der Waals surface area contributed by atoms with Crippen molar-refractivity contribution in [3.05, 3.63) is 54.7 Å². The van der Waals surface area contributed by atoms with Gasteiger partial charge in [-0.3, -0.25) is 0 Å². The van der Waals surface area contributed by atoms with E-state index in [0.717, 1.165) is 0 Å². The van der Waals surface area contributed by atoms with Gasteiger partial charge in [0.15, 0.2) is 0 Å². The van der Waals surface area contributed by atoms with E-state index in [4.69, 9.17) is 0 Å². The third-order valence-electron chi connectivity index (χ3n) is 2.59.